The van der Waals surface area contributed by atoms with Gasteiger partial charge in [-0.25, -0.2) is 0 Å². The van der Waals surface area contributed by atoms with Gasteiger partial charge in [0.1, 0.15) is 12.4 Å². The third-order valence-electron chi connectivity index (χ3n) is 4.15. The van der Waals surface area contributed by atoms with E-state index >= 15 is 0 Å². The first-order valence-corrected chi connectivity index (χ1v) is 9.89. The second-order valence-electron chi connectivity index (χ2n) is 6.44. The number of hydrogen-bond acceptors (Lipinski definition) is 5. The lowest BCUT2D eigenvalue weighted by molar-refractivity contribution is -0.137. The molecule has 0 atom stereocenters. The summed E-state index contributed by atoms with van der Waals surface area (Å²) in [6, 6.07) is 12.4. The average Bonchev–Trinajstić information content (AvgIpc) is 3.05. The van der Waals surface area contributed by atoms with Crippen molar-refractivity contribution < 1.29 is 22.7 Å². The second-order valence-corrected chi connectivity index (χ2v) is 7.38. The third-order valence-corrected chi connectivity index (χ3v) is 5.17. The van der Waals surface area contributed by atoms with Crippen LogP contribution in [-0.2, 0) is 24.6 Å². The van der Waals surface area contributed by atoms with Gasteiger partial charge in [0.15, 0.2) is 11.0 Å². The number of rotatable bonds is 7. The van der Waals surface area contributed by atoms with Crippen LogP contribution in [0.2, 0.25) is 0 Å². The van der Waals surface area contributed by atoms with Crippen LogP contribution >= 0.6 is 11.8 Å². The Morgan fingerprint density at radius 3 is 2.53 bits per heavy atom. The molecule has 1 aromatic heterocycles. The summed E-state index contributed by atoms with van der Waals surface area (Å²) >= 11 is 1.07. The maximum absolute atomic E-state index is 13.0. The normalized spacial score (nSPS) is 11.4. The van der Waals surface area contributed by atoms with Crippen molar-refractivity contribution in [1.29, 1.82) is 0 Å². The number of ether oxygens (including phenoxy) is 1. The predicted molar refractivity (Wildman–Crippen MR) is 107 cm³/mol. The van der Waals surface area contributed by atoms with Crippen LogP contribution in [0.1, 0.15) is 17.0 Å². The van der Waals surface area contributed by atoms with Gasteiger partial charge in [0.05, 0.1) is 17.0 Å². The number of carbonyl (C=O) groups excluding carboxylic acids is 1. The zero-order valence-electron chi connectivity index (χ0n) is 16.2. The van der Waals surface area contributed by atoms with Gasteiger partial charge in [0, 0.05) is 7.05 Å². The molecule has 30 heavy (non-hydrogen) atoms. The maximum Gasteiger partial charge on any atom is 0.418 e. The molecule has 1 heterocycles. The lowest BCUT2D eigenvalue weighted by Gasteiger charge is -2.13. The summed E-state index contributed by atoms with van der Waals surface area (Å²) in [5.41, 5.74) is -0.0471. The number of halogens is 3. The smallest absolute Gasteiger partial charge is 0.418 e. The molecule has 0 aliphatic carbocycles. The quantitative estimate of drug-likeness (QED) is 0.554. The van der Waals surface area contributed by atoms with Gasteiger partial charge >= 0.3 is 6.18 Å². The van der Waals surface area contributed by atoms with Crippen LogP contribution in [-0.4, -0.2) is 26.4 Å². The summed E-state index contributed by atoms with van der Waals surface area (Å²) in [6.07, 6.45) is -4.55. The molecular weight excluding hydrogens is 417 g/mol. The Morgan fingerprint density at radius 1 is 1.13 bits per heavy atom. The van der Waals surface area contributed by atoms with Gasteiger partial charge in [-0.3, -0.25) is 4.79 Å². The van der Waals surface area contributed by atoms with Crippen LogP contribution in [0.25, 0.3) is 0 Å². The molecule has 1 amide bonds. The van der Waals surface area contributed by atoms with Gasteiger partial charge in [0.25, 0.3) is 0 Å². The van der Waals surface area contributed by atoms with Gasteiger partial charge in [-0.1, -0.05) is 41.6 Å². The fourth-order valence-corrected chi connectivity index (χ4v) is 3.26. The number of anilines is 1. The van der Waals surface area contributed by atoms with Gasteiger partial charge in [-0.15, -0.1) is 10.2 Å². The number of nitrogens with zero attached hydrogens (tertiary/aromatic N) is 3. The van der Waals surface area contributed by atoms with Crippen molar-refractivity contribution in [3.63, 3.8) is 0 Å². The number of nitrogens with one attached hydrogen (secondary N) is 1. The highest BCUT2D eigenvalue weighted by Gasteiger charge is 2.33. The molecule has 1 N–H and O–H groups in total. The van der Waals surface area contributed by atoms with Gasteiger partial charge in [-0.2, -0.15) is 13.2 Å². The van der Waals surface area contributed by atoms with Crippen molar-refractivity contribution in [3.05, 3.63) is 65.5 Å². The number of amides is 1. The van der Waals surface area contributed by atoms with Crippen molar-refractivity contribution in [3.8, 4) is 5.75 Å². The molecule has 0 saturated heterocycles. The fraction of sp³-hybridized carbons (Fsp3) is 0.250. The molecule has 0 unspecified atom stereocenters. The first-order valence-electron chi connectivity index (χ1n) is 8.90. The van der Waals surface area contributed by atoms with Crippen LogP contribution in [0.4, 0.5) is 18.9 Å². The summed E-state index contributed by atoms with van der Waals surface area (Å²) in [5, 5.41) is 10.8. The number of para-hydroxylation sites is 1. The van der Waals surface area contributed by atoms with Gasteiger partial charge in [0.2, 0.25) is 5.91 Å². The van der Waals surface area contributed by atoms with Crippen LogP contribution in [0, 0.1) is 6.92 Å². The largest absolute Gasteiger partial charge is 0.486 e. The van der Waals surface area contributed by atoms with E-state index in [0.717, 1.165) is 23.4 Å². The molecule has 0 radical (unpaired) electrons. The first kappa shape index (κ1) is 21.7. The SMILES string of the molecule is Cc1ccc(OCc2nnc(SCC(=O)Nc3ccccc3C(F)(F)F)n2C)cc1. The van der Waals surface area contributed by atoms with E-state index in [2.05, 4.69) is 15.5 Å². The fourth-order valence-electron chi connectivity index (χ4n) is 2.53. The Morgan fingerprint density at radius 2 is 1.83 bits per heavy atom. The van der Waals surface area contributed by atoms with E-state index in [0.29, 0.717) is 16.7 Å². The van der Waals surface area contributed by atoms with Crippen LogP contribution < -0.4 is 10.1 Å². The van der Waals surface area contributed by atoms with Crippen molar-refractivity contribution in [2.75, 3.05) is 11.1 Å². The lowest BCUT2D eigenvalue weighted by atomic mass is 10.1. The Labute approximate surface area is 175 Å². The monoisotopic (exact) mass is 436 g/mol. The average molecular weight is 436 g/mol. The van der Waals surface area contributed by atoms with Crippen molar-refractivity contribution >= 4 is 23.4 Å². The van der Waals surface area contributed by atoms with E-state index in [1.54, 1.807) is 11.6 Å². The highest BCUT2D eigenvalue weighted by Crippen LogP contribution is 2.34. The molecule has 3 rings (SSSR count). The number of aromatic nitrogens is 3. The molecule has 0 fully saturated rings. The summed E-state index contributed by atoms with van der Waals surface area (Å²) in [4.78, 5) is 12.1. The number of aryl methyl sites for hydroxylation is 1. The van der Waals surface area contributed by atoms with Crippen LogP contribution in [0.15, 0.2) is 53.7 Å². The van der Waals surface area contributed by atoms with Crippen molar-refractivity contribution in [1.82, 2.24) is 14.8 Å². The zero-order valence-corrected chi connectivity index (χ0v) is 17.0. The maximum atomic E-state index is 13.0. The molecule has 3 aromatic rings. The number of carbonyl (C=O) groups is 1. The molecule has 0 spiro atoms. The number of benzene rings is 2. The molecule has 0 saturated carbocycles. The number of alkyl halides is 3. The Kier molecular flexibility index (Phi) is 6.66. The van der Waals surface area contributed by atoms with Gasteiger partial charge in [-0.05, 0) is 31.2 Å². The summed E-state index contributed by atoms with van der Waals surface area (Å²) in [7, 11) is 1.73. The minimum atomic E-state index is -4.55. The summed E-state index contributed by atoms with van der Waals surface area (Å²) in [6.45, 7) is 2.17. The summed E-state index contributed by atoms with van der Waals surface area (Å²) < 4.78 is 46.4. The van der Waals surface area contributed by atoms with E-state index in [1.807, 2.05) is 31.2 Å². The van der Waals surface area contributed by atoms with Crippen LogP contribution in [0.3, 0.4) is 0 Å². The van der Waals surface area contributed by atoms with E-state index in [1.165, 1.54) is 18.2 Å². The molecule has 158 valence electrons. The molecular formula is C20H19F3N4O2S. The van der Waals surface area contributed by atoms with Crippen LogP contribution in [0.5, 0.6) is 5.75 Å². The highest BCUT2D eigenvalue weighted by atomic mass is 32.2. The van der Waals surface area contributed by atoms with E-state index in [-0.39, 0.29) is 18.0 Å². The minimum absolute atomic E-state index is 0.114. The van der Waals surface area contributed by atoms with Crippen molar-refractivity contribution in [2.24, 2.45) is 7.05 Å². The molecule has 2 aromatic carbocycles. The topological polar surface area (TPSA) is 69.0 Å². The lowest BCUT2D eigenvalue weighted by Crippen LogP contribution is -2.18. The number of hydrogen-bond donors (Lipinski definition) is 1. The third kappa shape index (κ3) is 5.53. The van der Waals surface area contributed by atoms with E-state index < -0.39 is 17.6 Å². The molecule has 0 aliphatic heterocycles. The minimum Gasteiger partial charge on any atom is -0.486 e. The Balaban J connectivity index is 1.56. The second kappa shape index (κ2) is 9.21. The highest BCUT2D eigenvalue weighted by molar-refractivity contribution is 7.99. The van der Waals surface area contributed by atoms with Gasteiger partial charge < -0.3 is 14.6 Å². The number of thioether (sulfide) groups is 1. The zero-order chi connectivity index (χ0) is 21.7. The predicted octanol–water partition coefficient (Wildman–Crippen LogP) is 4.45. The molecule has 6 nitrogen and oxygen atoms in total. The Bertz CT molecular complexity index is 1020. The van der Waals surface area contributed by atoms with E-state index in [4.69, 9.17) is 4.74 Å². The first-order chi connectivity index (χ1) is 14.2. The Hall–Kier alpha value is -3.01. The molecule has 10 heteroatoms. The summed E-state index contributed by atoms with van der Waals surface area (Å²) in [5.74, 6) is 0.565. The molecule has 0 aliphatic rings. The van der Waals surface area contributed by atoms with E-state index in [9.17, 15) is 18.0 Å². The van der Waals surface area contributed by atoms with Crippen molar-refractivity contribution in [2.45, 2.75) is 24.9 Å². The molecule has 0 bridgehead atoms. The standard InChI is InChI=1S/C20H19F3N4O2S/c1-13-7-9-14(10-8-13)29-11-17-25-26-19(27(17)2)30-12-18(28)24-16-6-4-3-5-15(16)20(21,22)23/h3-10H,11-12H2,1-2H3,(H,24,28).